The van der Waals surface area contributed by atoms with Gasteiger partial charge in [-0.05, 0) is 41.8 Å². The van der Waals surface area contributed by atoms with E-state index in [0.717, 1.165) is 25.2 Å². The third-order valence-electron chi connectivity index (χ3n) is 4.96. The predicted molar refractivity (Wildman–Crippen MR) is 120 cm³/mol. The van der Waals surface area contributed by atoms with E-state index in [1.807, 2.05) is 61.6 Å². The van der Waals surface area contributed by atoms with Crippen molar-refractivity contribution < 1.29 is 4.79 Å². The molecule has 1 amide bonds. The molecule has 0 radical (unpaired) electrons. The summed E-state index contributed by atoms with van der Waals surface area (Å²) in [5, 5.41) is 7.50. The second-order valence-electron chi connectivity index (χ2n) is 7.36. The van der Waals surface area contributed by atoms with E-state index in [0.29, 0.717) is 17.0 Å². The Bertz CT molecular complexity index is 1140. The number of nitrogens with zero attached hydrogens (tertiary/aromatic N) is 4. The van der Waals surface area contributed by atoms with Gasteiger partial charge in [0.05, 0.1) is 6.20 Å². The Hall–Kier alpha value is -3.67. The lowest BCUT2D eigenvalue weighted by Crippen LogP contribution is -2.18. The summed E-state index contributed by atoms with van der Waals surface area (Å²) < 4.78 is 1.69. The van der Waals surface area contributed by atoms with Crippen LogP contribution in [0.3, 0.4) is 0 Å². The van der Waals surface area contributed by atoms with E-state index >= 15 is 0 Å². The van der Waals surface area contributed by atoms with Gasteiger partial charge in [-0.25, -0.2) is 9.50 Å². The molecule has 2 aromatic carbocycles. The molecule has 0 atom stereocenters. The van der Waals surface area contributed by atoms with Crippen molar-refractivity contribution in [3.8, 4) is 0 Å². The van der Waals surface area contributed by atoms with E-state index in [1.54, 1.807) is 10.7 Å². The fourth-order valence-electron chi connectivity index (χ4n) is 3.37. The lowest BCUT2D eigenvalue weighted by molar-refractivity contribution is 0.102. The van der Waals surface area contributed by atoms with Gasteiger partial charge >= 0.3 is 0 Å². The van der Waals surface area contributed by atoms with Crippen LogP contribution in [-0.4, -0.2) is 27.6 Å². The Labute approximate surface area is 176 Å². The van der Waals surface area contributed by atoms with Crippen LogP contribution in [0.5, 0.6) is 0 Å². The highest BCUT2D eigenvalue weighted by Crippen LogP contribution is 2.16. The third-order valence-corrected chi connectivity index (χ3v) is 4.96. The molecule has 1 N–H and O–H groups in total. The number of carbonyl (C=O) groups excluding carboxylic acids is 1. The molecule has 6 nitrogen and oxygen atoms in total. The van der Waals surface area contributed by atoms with Crippen LogP contribution in [0.2, 0.25) is 0 Å². The maximum atomic E-state index is 12.5. The van der Waals surface area contributed by atoms with Crippen LogP contribution in [-0.2, 0) is 13.0 Å². The highest BCUT2D eigenvalue weighted by Gasteiger charge is 2.11. The molecule has 0 aliphatic heterocycles. The van der Waals surface area contributed by atoms with Crippen LogP contribution in [0, 0.1) is 0 Å². The molecule has 0 saturated carbocycles. The van der Waals surface area contributed by atoms with Gasteiger partial charge in [0.1, 0.15) is 5.82 Å². The molecule has 0 unspecified atom stereocenters. The molecule has 0 bridgehead atoms. The minimum atomic E-state index is -0.178. The summed E-state index contributed by atoms with van der Waals surface area (Å²) >= 11 is 0. The smallest absolute Gasteiger partial charge is 0.256 e. The summed E-state index contributed by atoms with van der Waals surface area (Å²) in [5.41, 5.74) is 3.74. The van der Waals surface area contributed by atoms with E-state index in [2.05, 4.69) is 39.4 Å². The van der Waals surface area contributed by atoms with Crippen molar-refractivity contribution in [3.05, 3.63) is 89.6 Å². The van der Waals surface area contributed by atoms with Gasteiger partial charge in [0.25, 0.3) is 5.91 Å². The van der Waals surface area contributed by atoms with Crippen molar-refractivity contribution in [2.75, 3.05) is 17.3 Å². The molecule has 6 heteroatoms. The van der Waals surface area contributed by atoms with E-state index in [1.165, 1.54) is 11.1 Å². The maximum Gasteiger partial charge on any atom is 0.256 e. The first-order valence-corrected chi connectivity index (χ1v) is 10.1. The first-order valence-electron chi connectivity index (χ1n) is 10.1. The molecule has 0 fully saturated rings. The standard InChI is InChI=1S/C24H25N5O/c1-3-7-18-10-12-20(13-11-18)24(30)26-21-17-29-22(25-21)14-15-23(27-29)28(2)16-19-8-5-4-6-9-19/h4-6,8-15,17H,3,7,16H2,1-2H3,(H,26,30). The Morgan fingerprint density at radius 1 is 1.00 bits per heavy atom. The molecule has 4 aromatic rings. The normalized spacial score (nSPS) is 10.9. The van der Waals surface area contributed by atoms with Crippen molar-refractivity contribution in [2.45, 2.75) is 26.3 Å². The minimum Gasteiger partial charge on any atom is -0.354 e. The number of hydrogen-bond donors (Lipinski definition) is 1. The number of nitrogens with one attached hydrogen (secondary N) is 1. The molecule has 2 aromatic heterocycles. The number of aryl methyl sites for hydroxylation is 1. The second kappa shape index (κ2) is 8.78. The van der Waals surface area contributed by atoms with Crippen LogP contribution < -0.4 is 10.2 Å². The second-order valence-corrected chi connectivity index (χ2v) is 7.36. The summed E-state index contributed by atoms with van der Waals surface area (Å²) in [6.45, 7) is 2.90. The summed E-state index contributed by atoms with van der Waals surface area (Å²) in [7, 11) is 2.00. The number of hydrogen-bond acceptors (Lipinski definition) is 4. The number of carbonyl (C=O) groups is 1. The lowest BCUT2D eigenvalue weighted by atomic mass is 10.1. The Morgan fingerprint density at radius 2 is 1.77 bits per heavy atom. The van der Waals surface area contributed by atoms with Gasteiger partial charge in [0.2, 0.25) is 0 Å². The summed E-state index contributed by atoms with van der Waals surface area (Å²) in [5.74, 6) is 1.13. The Morgan fingerprint density at radius 3 is 2.50 bits per heavy atom. The molecule has 2 heterocycles. The van der Waals surface area contributed by atoms with Crippen LogP contribution in [0.4, 0.5) is 11.6 Å². The summed E-state index contributed by atoms with van der Waals surface area (Å²) in [4.78, 5) is 19.1. The number of amides is 1. The fraction of sp³-hybridized carbons (Fsp3) is 0.208. The van der Waals surface area contributed by atoms with E-state index in [-0.39, 0.29) is 5.91 Å². The van der Waals surface area contributed by atoms with Crippen LogP contribution in [0.25, 0.3) is 5.65 Å². The van der Waals surface area contributed by atoms with Crippen LogP contribution in [0.1, 0.15) is 34.8 Å². The number of aromatic nitrogens is 3. The van der Waals surface area contributed by atoms with Crippen LogP contribution >= 0.6 is 0 Å². The first-order chi connectivity index (χ1) is 14.6. The molecule has 4 rings (SSSR count). The largest absolute Gasteiger partial charge is 0.354 e. The monoisotopic (exact) mass is 399 g/mol. The molecular weight excluding hydrogens is 374 g/mol. The van der Waals surface area contributed by atoms with E-state index < -0.39 is 0 Å². The van der Waals surface area contributed by atoms with Crippen molar-refractivity contribution in [1.29, 1.82) is 0 Å². The first kappa shape index (κ1) is 19.6. The average Bonchev–Trinajstić information content (AvgIpc) is 3.16. The quantitative estimate of drug-likeness (QED) is 0.494. The number of imidazole rings is 1. The van der Waals surface area contributed by atoms with Crippen molar-refractivity contribution in [2.24, 2.45) is 0 Å². The summed E-state index contributed by atoms with van der Waals surface area (Å²) in [6.07, 6.45) is 3.84. The number of anilines is 2. The van der Waals surface area contributed by atoms with Crippen molar-refractivity contribution >= 4 is 23.2 Å². The molecule has 0 saturated heterocycles. The topological polar surface area (TPSA) is 62.5 Å². The molecule has 0 spiro atoms. The average molecular weight is 399 g/mol. The third kappa shape index (κ3) is 4.49. The van der Waals surface area contributed by atoms with Crippen molar-refractivity contribution in [1.82, 2.24) is 14.6 Å². The Kier molecular flexibility index (Phi) is 5.75. The van der Waals surface area contributed by atoms with E-state index in [9.17, 15) is 4.79 Å². The maximum absolute atomic E-state index is 12.5. The molecule has 30 heavy (non-hydrogen) atoms. The fourth-order valence-corrected chi connectivity index (χ4v) is 3.37. The van der Waals surface area contributed by atoms with Gasteiger partial charge in [0, 0.05) is 19.2 Å². The molecular formula is C24H25N5O. The minimum absolute atomic E-state index is 0.178. The van der Waals surface area contributed by atoms with Gasteiger partial charge in [-0.3, -0.25) is 4.79 Å². The molecule has 152 valence electrons. The van der Waals surface area contributed by atoms with Gasteiger partial charge < -0.3 is 10.2 Å². The number of rotatable bonds is 7. The van der Waals surface area contributed by atoms with E-state index in [4.69, 9.17) is 0 Å². The van der Waals surface area contributed by atoms with Gasteiger partial charge in [-0.2, -0.15) is 0 Å². The predicted octanol–water partition coefficient (Wildman–Crippen LogP) is 4.57. The number of fused-ring (bicyclic) bond motifs is 1. The molecule has 0 aliphatic carbocycles. The highest BCUT2D eigenvalue weighted by atomic mass is 16.1. The zero-order chi connectivity index (χ0) is 20.9. The zero-order valence-electron chi connectivity index (χ0n) is 17.2. The van der Waals surface area contributed by atoms with Crippen molar-refractivity contribution in [3.63, 3.8) is 0 Å². The van der Waals surface area contributed by atoms with Gasteiger partial charge in [-0.1, -0.05) is 55.8 Å². The van der Waals surface area contributed by atoms with Gasteiger partial charge in [0.15, 0.2) is 11.5 Å². The summed E-state index contributed by atoms with van der Waals surface area (Å²) in [6, 6.07) is 21.8. The highest BCUT2D eigenvalue weighted by molar-refractivity contribution is 6.03. The number of benzene rings is 2. The van der Waals surface area contributed by atoms with Gasteiger partial charge in [-0.15, -0.1) is 5.10 Å². The SMILES string of the molecule is CCCc1ccc(C(=O)Nc2cn3nc(N(C)Cc4ccccc4)ccc3n2)cc1. The zero-order valence-corrected chi connectivity index (χ0v) is 17.2. The Balaban J connectivity index is 1.47. The lowest BCUT2D eigenvalue weighted by Gasteiger charge is -2.17. The van der Waals surface area contributed by atoms with Crippen LogP contribution in [0.15, 0.2) is 72.9 Å². The molecule has 0 aliphatic rings.